The van der Waals surface area contributed by atoms with Gasteiger partial charge in [-0.25, -0.2) is 10.2 Å². The van der Waals surface area contributed by atoms with Gasteiger partial charge in [0.15, 0.2) is 0 Å². The summed E-state index contributed by atoms with van der Waals surface area (Å²) in [7, 11) is 0. The molecule has 0 radical (unpaired) electrons. The van der Waals surface area contributed by atoms with E-state index in [9.17, 15) is 9.59 Å². The number of carbonyl (C=O) groups excluding carboxylic acids is 2. The second-order valence-electron chi connectivity index (χ2n) is 10.8. The summed E-state index contributed by atoms with van der Waals surface area (Å²) in [6.07, 6.45) is 3.96. The third kappa shape index (κ3) is 5.26. The normalized spacial score (nSPS) is 14.2. The number of nitrogens with one attached hydrogen (secondary N) is 1. The molecule has 0 atom stereocenters. The number of rotatable bonds is 6. The molecule has 0 spiro atoms. The Balaban J connectivity index is 1.35. The Kier molecular flexibility index (Phi) is 7.17. The summed E-state index contributed by atoms with van der Waals surface area (Å²) in [6.45, 7) is 12.0. The molecule has 4 aromatic rings. The number of carbonyl (C=O) groups is 2. The van der Waals surface area contributed by atoms with E-state index in [4.69, 9.17) is 13.6 Å². The number of nitrogens with zero attached hydrogens (tertiary/aromatic N) is 1. The summed E-state index contributed by atoms with van der Waals surface area (Å²) in [5, 5.41) is 5.43. The zero-order chi connectivity index (χ0) is 27.8. The highest BCUT2D eigenvalue weighted by Crippen LogP contribution is 2.33. The lowest BCUT2D eigenvalue weighted by Crippen LogP contribution is -2.23. The molecule has 0 unspecified atom stereocenters. The van der Waals surface area contributed by atoms with Gasteiger partial charge in [0.1, 0.15) is 17.1 Å². The van der Waals surface area contributed by atoms with Crippen molar-refractivity contribution in [3.05, 3.63) is 87.1 Å². The quantitative estimate of drug-likeness (QED) is 0.166. The minimum atomic E-state index is -0.532. The van der Waals surface area contributed by atoms with Crippen molar-refractivity contribution in [3.63, 3.8) is 0 Å². The molecule has 0 aliphatic heterocycles. The summed E-state index contributed by atoms with van der Waals surface area (Å²) in [4.78, 5) is 26.1. The van der Waals surface area contributed by atoms with Crippen molar-refractivity contribution >= 4 is 28.6 Å². The van der Waals surface area contributed by atoms with Crippen LogP contribution in [0.15, 0.2) is 50.5 Å². The largest absolute Gasteiger partial charge is 0.464 e. The molecule has 1 amide bonds. The number of fused-ring (bicyclic) bond motifs is 2. The number of aryl methyl sites for hydroxylation is 4. The molecule has 0 saturated carbocycles. The lowest BCUT2D eigenvalue weighted by molar-refractivity contribution is -0.120. The fourth-order valence-electron chi connectivity index (χ4n) is 5.43. The second kappa shape index (κ2) is 10.6. The highest BCUT2D eigenvalue weighted by molar-refractivity contribution is 6.06. The van der Waals surface area contributed by atoms with Gasteiger partial charge in [-0.1, -0.05) is 32.0 Å². The fraction of sp³-hybridized carbons (Fsp3) is 0.344. The van der Waals surface area contributed by atoms with Crippen molar-refractivity contribution in [1.82, 2.24) is 5.43 Å². The van der Waals surface area contributed by atoms with Crippen LogP contribution in [0.3, 0.4) is 0 Å². The van der Waals surface area contributed by atoms with Crippen LogP contribution in [0.25, 0.3) is 11.0 Å². The molecule has 202 valence electrons. The number of hydrogen-bond acceptors (Lipinski definition) is 6. The maximum Gasteiger partial charge on any atom is 0.379 e. The molecule has 2 heterocycles. The van der Waals surface area contributed by atoms with Gasteiger partial charge in [-0.05, 0) is 80.8 Å². The maximum absolute atomic E-state index is 13.2. The minimum absolute atomic E-state index is 0.150. The molecule has 7 heteroatoms. The summed E-state index contributed by atoms with van der Waals surface area (Å²) >= 11 is 0. The number of furan rings is 2. The first-order valence-corrected chi connectivity index (χ1v) is 13.4. The van der Waals surface area contributed by atoms with Crippen molar-refractivity contribution in [3.8, 4) is 5.75 Å². The molecule has 0 saturated heterocycles. The van der Waals surface area contributed by atoms with Crippen LogP contribution >= 0.6 is 0 Å². The molecular weight excluding hydrogens is 492 g/mol. The Morgan fingerprint density at radius 2 is 1.85 bits per heavy atom. The lowest BCUT2D eigenvalue weighted by Gasteiger charge is -2.13. The van der Waals surface area contributed by atoms with Gasteiger partial charge in [0, 0.05) is 28.5 Å². The topological polar surface area (TPSA) is 94.0 Å². The monoisotopic (exact) mass is 526 g/mol. The Morgan fingerprint density at radius 1 is 1.05 bits per heavy atom. The number of ether oxygens (including phenoxy) is 1. The van der Waals surface area contributed by atoms with Gasteiger partial charge in [0.05, 0.1) is 18.4 Å². The van der Waals surface area contributed by atoms with Crippen LogP contribution in [0.2, 0.25) is 0 Å². The van der Waals surface area contributed by atoms with Crippen LogP contribution in [-0.2, 0) is 17.6 Å². The van der Waals surface area contributed by atoms with Gasteiger partial charge in [-0.15, -0.1) is 0 Å². The first-order valence-electron chi connectivity index (χ1n) is 13.4. The van der Waals surface area contributed by atoms with Crippen LogP contribution < -0.4 is 10.2 Å². The number of hydrazone groups is 1. The standard InChI is InChI=1S/C32H34N2O5/c1-17(2)23-11-10-18(3)13-26(23)39-32(36)31-21(6)30-24(8-7-9-25(30)38-31)33-34-28(35)15-22-16-37-27-14-19(4)12-20(5)29(22)27/h10-14,16-17H,7-9,15H2,1-6H3,(H,34,35)/b33-24+. The van der Waals surface area contributed by atoms with Crippen LogP contribution in [-0.4, -0.2) is 17.6 Å². The van der Waals surface area contributed by atoms with E-state index in [-0.39, 0.29) is 24.0 Å². The molecule has 39 heavy (non-hydrogen) atoms. The van der Waals surface area contributed by atoms with Gasteiger partial charge in [-0.3, -0.25) is 4.79 Å². The number of amides is 1. The van der Waals surface area contributed by atoms with Gasteiger partial charge < -0.3 is 13.6 Å². The van der Waals surface area contributed by atoms with Crippen LogP contribution in [0.1, 0.15) is 87.9 Å². The lowest BCUT2D eigenvalue weighted by atomic mass is 9.93. The number of hydrogen-bond donors (Lipinski definition) is 1. The molecule has 2 aromatic carbocycles. The van der Waals surface area contributed by atoms with Crippen LogP contribution in [0.4, 0.5) is 0 Å². The molecule has 0 fully saturated rings. The van der Waals surface area contributed by atoms with E-state index in [0.29, 0.717) is 35.6 Å². The summed E-state index contributed by atoms with van der Waals surface area (Å²) in [5.74, 6) is 0.845. The molecule has 1 aliphatic rings. The van der Waals surface area contributed by atoms with Crippen molar-refractivity contribution in [2.24, 2.45) is 5.10 Å². The Labute approximate surface area is 228 Å². The first-order chi connectivity index (χ1) is 18.6. The average Bonchev–Trinajstić information content (AvgIpc) is 3.43. The summed E-state index contributed by atoms with van der Waals surface area (Å²) < 4.78 is 17.5. The van der Waals surface area contributed by atoms with Gasteiger partial charge in [-0.2, -0.15) is 5.10 Å². The molecule has 2 aromatic heterocycles. The maximum atomic E-state index is 13.2. The predicted octanol–water partition coefficient (Wildman–Crippen LogP) is 7.00. The highest BCUT2D eigenvalue weighted by Gasteiger charge is 2.29. The second-order valence-corrected chi connectivity index (χ2v) is 10.8. The van der Waals surface area contributed by atoms with Crippen molar-refractivity contribution < 1.29 is 23.2 Å². The van der Waals surface area contributed by atoms with Crippen LogP contribution in [0.5, 0.6) is 5.75 Å². The SMILES string of the molecule is Cc1ccc(C(C)C)c(OC(=O)c2oc3c(c2C)/C(=N/NC(=O)Cc2coc4cc(C)cc(C)c24)CCC3)c1. The minimum Gasteiger partial charge on any atom is -0.464 e. The van der Waals surface area contributed by atoms with Gasteiger partial charge in [0.2, 0.25) is 11.7 Å². The van der Waals surface area contributed by atoms with Crippen molar-refractivity contribution in [2.75, 3.05) is 0 Å². The Bertz CT molecular complexity index is 1620. The molecule has 0 bridgehead atoms. The Morgan fingerprint density at radius 3 is 2.62 bits per heavy atom. The van der Waals surface area contributed by atoms with Crippen molar-refractivity contribution in [2.45, 2.75) is 73.1 Å². The van der Waals surface area contributed by atoms with E-state index < -0.39 is 5.97 Å². The van der Waals surface area contributed by atoms with Crippen LogP contribution in [0, 0.1) is 27.7 Å². The third-order valence-corrected chi connectivity index (χ3v) is 7.26. The first kappa shape index (κ1) is 26.5. The average molecular weight is 527 g/mol. The summed E-state index contributed by atoms with van der Waals surface area (Å²) in [5.41, 5.74) is 10.6. The van der Waals surface area contributed by atoms with Crippen molar-refractivity contribution in [1.29, 1.82) is 0 Å². The van der Waals surface area contributed by atoms with E-state index >= 15 is 0 Å². The van der Waals surface area contributed by atoms with E-state index in [1.54, 1.807) is 6.26 Å². The molecule has 1 aliphatic carbocycles. The highest BCUT2D eigenvalue weighted by atomic mass is 16.5. The smallest absolute Gasteiger partial charge is 0.379 e. The van der Waals surface area contributed by atoms with E-state index in [0.717, 1.165) is 50.8 Å². The molecule has 1 N–H and O–H groups in total. The zero-order valence-electron chi connectivity index (χ0n) is 23.4. The zero-order valence-corrected chi connectivity index (χ0v) is 23.4. The molecular formula is C32H34N2O5. The van der Waals surface area contributed by atoms with E-state index in [2.05, 4.69) is 30.4 Å². The number of benzene rings is 2. The van der Waals surface area contributed by atoms with Gasteiger partial charge >= 0.3 is 5.97 Å². The number of esters is 1. The Hall–Kier alpha value is -4.13. The summed E-state index contributed by atoms with van der Waals surface area (Å²) in [6, 6.07) is 9.93. The van der Waals surface area contributed by atoms with E-state index in [1.807, 2.05) is 52.0 Å². The third-order valence-electron chi connectivity index (χ3n) is 7.26. The molecule has 7 nitrogen and oxygen atoms in total. The fourth-order valence-corrected chi connectivity index (χ4v) is 5.43. The predicted molar refractivity (Wildman–Crippen MR) is 151 cm³/mol. The van der Waals surface area contributed by atoms with E-state index in [1.165, 1.54) is 0 Å². The van der Waals surface area contributed by atoms with Gasteiger partial charge in [0.25, 0.3) is 0 Å². The molecule has 5 rings (SSSR count).